The lowest BCUT2D eigenvalue weighted by atomic mass is 10.1. The Bertz CT molecular complexity index is 1080. The maximum atomic E-state index is 12.9. The number of amides is 2. The number of nitrogens with one attached hydrogen (secondary N) is 2. The first-order valence-corrected chi connectivity index (χ1v) is 10.1. The van der Waals surface area contributed by atoms with E-state index in [4.69, 9.17) is 21.1 Å². The third kappa shape index (κ3) is 5.40. The van der Waals surface area contributed by atoms with E-state index in [-0.39, 0.29) is 11.6 Å². The minimum absolute atomic E-state index is 0.0700. The number of rotatable bonds is 7. The molecule has 0 unspecified atom stereocenters. The maximum absolute atomic E-state index is 12.9. The van der Waals surface area contributed by atoms with Crippen molar-refractivity contribution in [1.82, 2.24) is 5.32 Å². The molecule has 0 aliphatic carbocycles. The molecular weight excluding hydrogens is 424 g/mol. The van der Waals surface area contributed by atoms with Gasteiger partial charge in [0.15, 0.2) is 11.5 Å². The van der Waals surface area contributed by atoms with Crippen LogP contribution in [0.25, 0.3) is 6.08 Å². The predicted molar refractivity (Wildman–Crippen MR) is 119 cm³/mol. The molecule has 2 aromatic carbocycles. The van der Waals surface area contributed by atoms with Gasteiger partial charge in [0.1, 0.15) is 5.70 Å². The van der Waals surface area contributed by atoms with E-state index < -0.39 is 5.91 Å². The van der Waals surface area contributed by atoms with Crippen LogP contribution in [-0.4, -0.2) is 26.0 Å². The molecule has 0 aliphatic heterocycles. The van der Waals surface area contributed by atoms with Gasteiger partial charge >= 0.3 is 0 Å². The molecule has 30 heavy (non-hydrogen) atoms. The highest BCUT2D eigenvalue weighted by Crippen LogP contribution is 2.28. The van der Waals surface area contributed by atoms with Gasteiger partial charge in [0.2, 0.25) is 0 Å². The van der Waals surface area contributed by atoms with Crippen molar-refractivity contribution in [3.8, 4) is 11.5 Å². The summed E-state index contributed by atoms with van der Waals surface area (Å²) in [6.07, 6.45) is 1.56. The zero-order valence-electron chi connectivity index (χ0n) is 16.3. The van der Waals surface area contributed by atoms with E-state index in [0.717, 1.165) is 0 Å². The summed E-state index contributed by atoms with van der Waals surface area (Å²) in [5.41, 5.74) is 1.23. The fraction of sp³-hybridized carbons (Fsp3) is 0.0909. The van der Waals surface area contributed by atoms with Gasteiger partial charge in [0.25, 0.3) is 11.8 Å². The van der Waals surface area contributed by atoms with Crippen LogP contribution in [0, 0.1) is 0 Å². The molecular formula is C22H19ClN2O4S. The van der Waals surface area contributed by atoms with Gasteiger partial charge in [0, 0.05) is 10.7 Å². The van der Waals surface area contributed by atoms with E-state index in [0.29, 0.717) is 32.6 Å². The van der Waals surface area contributed by atoms with E-state index in [1.165, 1.54) is 18.4 Å². The maximum Gasteiger partial charge on any atom is 0.272 e. The minimum atomic E-state index is -0.489. The van der Waals surface area contributed by atoms with Crippen LogP contribution in [-0.2, 0) is 4.79 Å². The summed E-state index contributed by atoms with van der Waals surface area (Å²) in [4.78, 5) is 26.0. The van der Waals surface area contributed by atoms with Gasteiger partial charge in [0.05, 0.1) is 19.1 Å². The number of methoxy groups -OCH3 is 2. The largest absolute Gasteiger partial charge is 0.493 e. The average Bonchev–Trinajstić information content (AvgIpc) is 3.28. The van der Waals surface area contributed by atoms with Crippen molar-refractivity contribution in [1.29, 1.82) is 0 Å². The Balaban J connectivity index is 1.93. The molecule has 154 valence electrons. The van der Waals surface area contributed by atoms with Crippen molar-refractivity contribution in [2.24, 2.45) is 0 Å². The van der Waals surface area contributed by atoms with E-state index in [1.54, 1.807) is 73.2 Å². The standard InChI is InChI=1S/C22H19ClN2O4S/c1-28-18-9-8-14(12-19(18)29-2)11-17(25-22(27)20-7-4-10-30-20)21(26)24-16-6-3-5-15(23)13-16/h3-13H,1-2H3,(H,24,26)(H,25,27). The Kier molecular flexibility index (Phi) is 7.11. The molecule has 1 aromatic heterocycles. The lowest BCUT2D eigenvalue weighted by Crippen LogP contribution is -2.30. The van der Waals surface area contributed by atoms with Crippen LogP contribution in [0.1, 0.15) is 15.2 Å². The summed E-state index contributed by atoms with van der Waals surface area (Å²) >= 11 is 7.27. The van der Waals surface area contributed by atoms with Crippen LogP contribution in [0.4, 0.5) is 5.69 Å². The Morgan fingerprint density at radius 3 is 2.47 bits per heavy atom. The van der Waals surface area contributed by atoms with Gasteiger partial charge < -0.3 is 20.1 Å². The molecule has 0 fully saturated rings. The average molecular weight is 443 g/mol. The Morgan fingerprint density at radius 1 is 1.00 bits per heavy atom. The molecule has 8 heteroatoms. The highest BCUT2D eigenvalue weighted by Gasteiger charge is 2.16. The highest BCUT2D eigenvalue weighted by atomic mass is 35.5. The minimum Gasteiger partial charge on any atom is -0.493 e. The quantitative estimate of drug-likeness (QED) is 0.514. The summed E-state index contributed by atoms with van der Waals surface area (Å²) in [6.45, 7) is 0. The Morgan fingerprint density at radius 2 is 1.80 bits per heavy atom. The lowest BCUT2D eigenvalue weighted by Gasteiger charge is -2.12. The summed E-state index contributed by atoms with van der Waals surface area (Å²) < 4.78 is 10.6. The fourth-order valence-corrected chi connectivity index (χ4v) is 3.43. The molecule has 0 atom stereocenters. The molecule has 0 saturated heterocycles. The first-order chi connectivity index (χ1) is 14.5. The number of carbonyl (C=O) groups excluding carboxylic acids is 2. The molecule has 0 saturated carbocycles. The highest BCUT2D eigenvalue weighted by molar-refractivity contribution is 7.12. The normalized spacial score (nSPS) is 11.0. The molecule has 2 N–H and O–H groups in total. The molecule has 2 amide bonds. The molecule has 3 rings (SSSR count). The van der Waals surface area contributed by atoms with Gasteiger partial charge in [-0.25, -0.2) is 0 Å². The Hall–Kier alpha value is -3.29. The molecule has 0 spiro atoms. The van der Waals surface area contributed by atoms with Gasteiger partial charge in [-0.15, -0.1) is 11.3 Å². The predicted octanol–water partition coefficient (Wildman–Crippen LogP) is 4.83. The Labute approximate surface area is 183 Å². The van der Waals surface area contributed by atoms with E-state index in [1.807, 2.05) is 0 Å². The van der Waals surface area contributed by atoms with Crippen molar-refractivity contribution in [3.63, 3.8) is 0 Å². The third-order valence-corrected chi connectivity index (χ3v) is 5.14. The van der Waals surface area contributed by atoms with Crippen LogP contribution in [0.2, 0.25) is 5.02 Å². The number of anilines is 1. The van der Waals surface area contributed by atoms with Crippen molar-refractivity contribution in [2.75, 3.05) is 19.5 Å². The molecule has 0 bridgehead atoms. The first-order valence-electron chi connectivity index (χ1n) is 8.85. The monoisotopic (exact) mass is 442 g/mol. The number of hydrogen-bond acceptors (Lipinski definition) is 5. The smallest absolute Gasteiger partial charge is 0.272 e. The molecule has 0 aliphatic rings. The molecule has 3 aromatic rings. The zero-order valence-corrected chi connectivity index (χ0v) is 17.8. The lowest BCUT2D eigenvalue weighted by molar-refractivity contribution is -0.113. The van der Waals surface area contributed by atoms with Crippen LogP contribution >= 0.6 is 22.9 Å². The zero-order chi connectivity index (χ0) is 21.5. The third-order valence-electron chi connectivity index (χ3n) is 4.04. The second-order valence-electron chi connectivity index (χ2n) is 6.07. The van der Waals surface area contributed by atoms with Crippen molar-refractivity contribution in [3.05, 3.63) is 81.1 Å². The van der Waals surface area contributed by atoms with E-state index >= 15 is 0 Å². The first kappa shape index (κ1) is 21.4. The van der Waals surface area contributed by atoms with Crippen molar-refractivity contribution < 1.29 is 19.1 Å². The molecule has 1 heterocycles. The SMILES string of the molecule is COc1ccc(C=C(NC(=O)c2cccs2)C(=O)Nc2cccc(Cl)c2)cc1OC. The number of hydrogen-bond donors (Lipinski definition) is 2. The number of carbonyl (C=O) groups is 2. The summed E-state index contributed by atoms with van der Waals surface area (Å²) in [5.74, 6) is 0.197. The van der Waals surface area contributed by atoms with Crippen LogP contribution in [0.5, 0.6) is 11.5 Å². The van der Waals surface area contributed by atoms with Crippen LogP contribution in [0.3, 0.4) is 0 Å². The molecule has 6 nitrogen and oxygen atoms in total. The van der Waals surface area contributed by atoms with Gasteiger partial charge in [-0.3, -0.25) is 9.59 Å². The van der Waals surface area contributed by atoms with Gasteiger partial charge in [-0.1, -0.05) is 29.8 Å². The number of ether oxygens (including phenoxy) is 2. The second kappa shape index (κ2) is 9.96. The number of benzene rings is 2. The van der Waals surface area contributed by atoms with E-state index in [2.05, 4.69) is 10.6 Å². The summed E-state index contributed by atoms with van der Waals surface area (Å²) in [6, 6.07) is 15.4. The second-order valence-corrected chi connectivity index (χ2v) is 7.45. The van der Waals surface area contributed by atoms with E-state index in [9.17, 15) is 9.59 Å². The van der Waals surface area contributed by atoms with Gasteiger partial charge in [-0.2, -0.15) is 0 Å². The molecule has 0 radical (unpaired) electrons. The van der Waals surface area contributed by atoms with Gasteiger partial charge in [-0.05, 0) is 53.4 Å². The number of thiophene rings is 1. The van der Waals surface area contributed by atoms with Crippen LogP contribution in [0.15, 0.2) is 65.7 Å². The van der Waals surface area contributed by atoms with Crippen LogP contribution < -0.4 is 20.1 Å². The summed E-state index contributed by atoms with van der Waals surface area (Å²) in [5, 5.41) is 7.71. The topological polar surface area (TPSA) is 76.7 Å². The van der Waals surface area contributed by atoms with Crippen molar-refractivity contribution in [2.45, 2.75) is 0 Å². The summed E-state index contributed by atoms with van der Waals surface area (Å²) in [7, 11) is 3.06. The van der Waals surface area contributed by atoms with Crippen molar-refractivity contribution >= 4 is 46.5 Å². The number of halogens is 1. The fourth-order valence-electron chi connectivity index (χ4n) is 2.62.